The van der Waals surface area contributed by atoms with E-state index in [9.17, 15) is 13.2 Å². The Hall–Kier alpha value is -1.13. The predicted octanol–water partition coefficient (Wildman–Crippen LogP) is 2.09. The maximum Gasteiger partial charge on any atom is 0.485 e. The van der Waals surface area contributed by atoms with E-state index in [1.807, 2.05) is 0 Å². The van der Waals surface area contributed by atoms with E-state index in [1.54, 1.807) is 3.57 Å². The number of halogens is 4. The number of hydrogen-bond acceptors (Lipinski definition) is 3. The minimum Gasteiger partial charge on any atom is -0.741 e. The lowest BCUT2D eigenvalue weighted by Crippen LogP contribution is -3.62. The molecule has 0 aliphatic rings. The van der Waals surface area contributed by atoms with E-state index in [2.05, 4.69) is 77.9 Å². The Morgan fingerprint density at radius 2 is 1.39 bits per heavy atom. The fourth-order valence-electron chi connectivity index (χ4n) is 2.43. The van der Waals surface area contributed by atoms with Crippen LogP contribution in [0.15, 0.2) is 36.4 Å². The summed E-state index contributed by atoms with van der Waals surface area (Å²) in [7, 11) is -6.09. The lowest BCUT2D eigenvalue weighted by atomic mass is 9.87. The molecule has 2 aromatic carbocycles. The summed E-state index contributed by atoms with van der Waals surface area (Å²) in [6.07, 6.45) is 0. The van der Waals surface area contributed by atoms with Gasteiger partial charge in [0.25, 0.3) is 0 Å². The van der Waals surface area contributed by atoms with Crippen molar-refractivity contribution in [3.8, 4) is 0 Å². The average Bonchev–Trinajstić information content (AvgIpc) is 2.49. The molecule has 156 valence electrons. The zero-order valence-electron chi connectivity index (χ0n) is 16.6. The molecule has 0 amide bonds. The van der Waals surface area contributed by atoms with Crippen molar-refractivity contribution in [3.05, 3.63) is 65.8 Å². The first kappa shape index (κ1) is 24.9. The van der Waals surface area contributed by atoms with E-state index in [0.717, 1.165) is 0 Å². The van der Waals surface area contributed by atoms with E-state index < -0.39 is 15.6 Å². The van der Waals surface area contributed by atoms with E-state index >= 15 is 0 Å². The molecule has 0 aromatic heterocycles. The summed E-state index contributed by atoms with van der Waals surface area (Å²) in [5.74, 6) is 0. The van der Waals surface area contributed by atoms with Crippen LogP contribution in [0.2, 0.25) is 0 Å². The Labute approximate surface area is 175 Å². The molecule has 0 bridgehead atoms. The number of aryl methyl sites for hydroxylation is 3. The summed E-state index contributed by atoms with van der Waals surface area (Å²) >= 11 is -0.0926. The van der Waals surface area contributed by atoms with Gasteiger partial charge in [-0.2, -0.15) is 13.2 Å². The highest BCUT2D eigenvalue weighted by Crippen LogP contribution is 2.21. The molecule has 0 radical (unpaired) electrons. The molecule has 0 heterocycles. The van der Waals surface area contributed by atoms with E-state index in [-0.39, 0.29) is 26.6 Å². The van der Waals surface area contributed by atoms with Gasteiger partial charge in [-0.3, -0.25) is 0 Å². The SMILES string of the molecule is Cc1cc(C)c([I+]c2cccc(C(C)(C)C)c2)c(C)c1.O=S(=O)([O-])C(F)(F)F. The number of alkyl halides is 3. The summed E-state index contributed by atoms with van der Waals surface area (Å²) in [5, 5.41) is 0. The summed E-state index contributed by atoms with van der Waals surface area (Å²) < 4.78 is 62.0. The van der Waals surface area contributed by atoms with Crippen molar-refractivity contribution in [1.29, 1.82) is 0 Å². The van der Waals surface area contributed by atoms with Gasteiger partial charge in [0.1, 0.15) is 0 Å². The van der Waals surface area contributed by atoms with Crippen LogP contribution in [0.4, 0.5) is 13.2 Å². The molecular weight excluding hydrogens is 504 g/mol. The van der Waals surface area contributed by atoms with Gasteiger partial charge in [-0.15, -0.1) is 0 Å². The third-order valence-corrected chi connectivity index (χ3v) is 7.86. The normalized spacial score (nSPS) is 12.4. The van der Waals surface area contributed by atoms with Gasteiger partial charge in [0, 0.05) is 11.1 Å². The maximum absolute atomic E-state index is 10.7. The second-order valence-electron chi connectivity index (χ2n) is 7.47. The van der Waals surface area contributed by atoms with Gasteiger partial charge in [-0.1, -0.05) is 50.6 Å². The smallest absolute Gasteiger partial charge is 0.485 e. The minimum atomic E-state index is -6.09. The molecule has 0 atom stereocenters. The van der Waals surface area contributed by atoms with Gasteiger partial charge >= 0.3 is 26.7 Å². The molecule has 2 rings (SSSR count). The maximum atomic E-state index is 10.7. The van der Waals surface area contributed by atoms with Gasteiger partial charge < -0.3 is 4.55 Å². The zero-order chi connectivity index (χ0) is 21.9. The fraction of sp³-hybridized carbons (Fsp3) is 0.400. The first-order valence-corrected chi connectivity index (χ1v) is 11.9. The topological polar surface area (TPSA) is 57.2 Å². The number of rotatable bonds is 2. The quantitative estimate of drug-likeness (QED) is 0.341. The molecule has 0 fully saturated rings. The Morgan fingerprint density at radius 3 is 1.79 bits per heavy atom. The second-order valence-corrected chi connectivity index (χ2v) is 11.7. The lowest BCUT2D eigenvalue weighted by molar-refractivity contribution is -0.598. The third kappa shape index (κ3) is 7.36. The molecule has 0 N–H and O–H groups in total. The van der Waals surface area contributed by atoms with Gasteiger partial charge in [-0.05, 0) is 43.9 Å². The molecule has 0 spiro atoms. The minimum absolute atomic E-state index is 0.0926. The fourth-order valence-corrected chi connectivity index (χ4v) is 5.10. The number of benzene rings is 2. The van der Waals surface area contributed by atoms with Crippen LogP contribution in [-0.2, 0) is 15.5 Å². The van der Waals surface area contributed by atoms with Crippen LogP contribution in [-0.4, -0.2) is 18.5 Å². The predicted molar refractivity (Wildman–Crippen MR) is 98.9 cm³/mol. The van der Waals surface area contributed by atoms with Crippen LogP contribution in [0.1, 0.15) is 43.0 Å². The molecule has 0 saturated heterocycles. The molecule has 0 unspecified atom stereocenters. The van der Waals surface area contributed by atoms with Gasteiger partial charge in [0.2, 0.25) is 0 Å². The van der Waals surface area contributed by atoms with E-state index in [4.69, 9.17) is 13.0 Å². The zero-order valence-corrected chi connectivity index (χ0v) is 19.6. The van der Waals surface area contributed by atoms with Crippen LogP contribution in [0, 0.1) is 27.9 Å². The Morgan fingerprint density at radius 1 is 0.929 bits per heavy atom. The summed E-state index contributed by atoms with van der Waals surface area (Å²) in [6, 6.07) is 13.8. The van der Waals surface area contributed by atoms with E-state index in [1.165, 1.54) is 25.8 Å². The van der Waals surface area contributed by atoms with Crippen LogP contribution in [0.5, 0.6) is 0 Å². The average molecular weight is 528 g/mol. The molecule has 0 aliphatic carbocycles. The molecule has 8 heteroatoms. The number of hydrogen-bond donors (Lipinski definition) is 0. The van der Waals surface area contributed by atoms with Crippen molar-refractivity contribution >= 4 is 10.1 Å². The lowest BCUT2D eigenvalue weighted by Gasteiger charge is -2.18. The Balaban J connectivity index is 0.000000416. The van der Waals surface area contributed by atoms with Crippen molar-refractivity contribution < 1.29 is 47.3 Å². The van der Waals surface area contributed by atoms with Gasteiger partial charge in [0.05, 0.1) is 0 Å². The van der Waals surface area contributed by atoms with Crippen molar-refractivity contribution in [2.24, 2.45) is 0 Å². The van der Waals surface area contributed by atoms with Crippen molar-refractivity contribution in [1.82, 2.24) is 0 Å². The van der Waals surface area contributed by atoms with Gasteiger partial charge in [0.15, 0.2) is 17.3 Å². The van der Waals surface area contributed by atoms with Crippen molar-refractivity contribution in [2.45, 2.75) is 52.5 Å². The molecular formula is C20H24F3IO3S. The van der Waals surface area contributed by atoms with Crippen LogP contribution in [0.3, 0.4) is 0 Å². The van der Waals surface area contributed by atoms with Crippen LogP contribution >= 0.6 is 0 Å². The highest BCUT2D eigenvalue weighted by Gasteiger charge is 2.36. The molecule has 28 heavy (non-hydrogen) atoms. The first-order chi connectivity index (χ1) is 12.5. The second kappa shape index (κ2) is 9.13. The molecule has 2 aromatic rings. The highest BCUT2D eigenvalue weighted by atomic mass is 127. The molecule has 0 aliphatic heterocycles. The first-order valence-electron chi connectivity index (χ1n) is 8.38. The highest BCUT2D eigenvalue weighted by molar-refractivity contribution is 7.86. The largest absolute Gasteiger partial charge is 0.741 e. The van der Waals surface area contributed by atoms with E-state index in [0.29, 0.717) is 0 Å². The third-order valence-electron chi connectivity index (χ3n) is 3.76. The summed E-state index contributed by atoms with van der Waals surface area (Å²) in [4.78, 5) is 0. The molecule has 0 saturated carbocycles. The monoisotopic (exact) mass is 528 g/mol. The van der Waals surface area contributed by atoms with Crippen LogP contribution < -0.4 is 21.2 Å². The molecule has 3 nitrogen and oxygen atoms in total. The Bertz CT molecular complexity index is 907. The van der Waals surface area contributed by atoms with Crippen LogP contribution in [0.25, 0.3) is 0 Å². The standard InChI is InChI=1S/C19H24I.CHF3O3S/c1-13-10-14(2)18(15(3)11-13)20-17-9-7-8-16(12-17)19(4,5)6;2-1(3,4)8(5,6)7/h7-12H,1-6H3;(H,5,6,7)/q+1;/p-1. The summed E-state index contributed by atoms with van der Waals surface area (Å²) in [5.41, 5.74) is 0.311. The Kier molecular flexibility index (Phi) is 8.12. The van der Waals surface area contributed by atoms with Crippen molar-refractivity contribution in [2.75, 3.05) is 0 Å². The van der Waals surface area contributed by atoms with Gasteiger partial charge in [-0.25, -0.2) is 8.42 Å². The van der Waals surface area contributed by atoms with Crippen molar-refractivity contribution in [3.63, 3.8) is 0 Å². The summed E-state index contributed by atoms with van der Waals surface area (Å²) in [6.45, 7) is 13.5.